The van der Waals surface area contributed by atoms with Crippen molar-refractivity contribution in [2.24, 2.45) is 5.92 Å². The van der Waals surface area contributed by atoms with Gasteiger partial charge in [-0.3, -0.25) is 0 Å². The molecule has 0 bridgehead atoms. The number of rotatable bonds is 3. The van der Waals surface area contributed by atoms with Crippen molar-refractivity contribution in [3.8, 4) is 0 Å². The second-order valence-electron chi connectivity index (χ2n) is 4.13. The molecule has 2 heterocycles. The Morgan fingerprint density at radius 2 is 2.44 bits per heavy atom. The van der Waals surface area contributed by atoms with E-state index in [4.69, 9.17) is 11.6 Å². The minimum absolute atomic E-state index is 0.655. The van der Waals surface area contributed by atoms with Crippen LogP contribution in [-0.2, 0) is 0 Å². The van der Waals surface area contributed by atoms with Crippen LogP contribution in [0.3, 0.4) is 0 Å². The Hall–Kier alpha value is -0.350. The molecule has 0 aromatic carbocycles. The minimum atomic E-state index is 0.655. The van der Waals surface area contributed by atoms with Crippen LogP contribution >= 0.6 is 27.5 Å². The van der Waals surface area contributed by atoms with Crippen LogP contribution < -0.4 is 4.90 Å². The van der Waals surface area contributed by atoms with Gasteiger partial charge in [0, 0.05) is 18.4 Å². The van der Waals surface area contributed by atoms with Gasteiger partial charge in [0.05, 0.1) is 6.20 Å². The predicted octanol–water partition coefficient (Wildman–Crippen LogP) is 3.13. The summed E-state index contributed by atoms with van der Waals surface area (Å²) in [4.78, 5) is 10.5. The Morgan fingerprint density at radius 1 is 1.56 bits per heavy atom. The quantitative estimate of drug-likeness (QED) is 0.803. The second-order valence-corrected chi connectivity index (χ2v) is 5.33. The zero-order valence-electron chi connectivity index (χ0n) is 9.07. The average molecular weight is 305 g/mol. The SMILES string of the molecule is Clc1cncnc1N1CCCC(CCBr)C1. The third-order valence-electron chi connectivity index (χ3n) is 2.98. The van der Waals surface area contributed by atoms with Gasteiger partial charge in [0.25, 0.3) is 0 Å². The molecule has 1 atom stereocenters. The molecule has 1 unspecified atom stereocenters. The van der Waals surface area contributed by atoms with E-state index in [1.54, 1.807) is 12.5 Å². The molecule has 0 radical (unpaired) electrons. The summed E-state index contributed by atoms with van der Waals surface area (Å²) in [5.41, 5.74) is 0. The van der Waals surface area contributed by atoms with Crippen LogP contribution in [-0.4, -0.2) is 28.4 Å². The first-order valence-electron chi connectivity index (χ1n) is 5.57. The fraction of sp³-hybridized carbons (Fsp3) is 0.636. The summed E-state index contributed by atoms with van der Waals surface area (Å²) in [6, 6.07) is 0. The monoisotopic (exact) mass is 303 g/mol. The van der Waals surface area contributed by atoms with Gasteiger partial charge in [-0.25, -0.2) is 9.97 Å². The van der Waals surface area contributed by atoms with Crippen LogP contribution in [0.15, 0.2) is 12.5 Å². The van der Waals surface area contributed by atoms with E-state index in [1.165, 1.54) is 19.3 Å². The minimum Gasteiger partial charge on any atom is -0.355 e. The van der Waals surface area contributed by atoms with E-state index in [-0.39, 0.29) is 0 Å². The Bertz CT molecular complexity index is 346. The first-order valence-corrected chi connectivity index (χ1v) is 7.07. The van der Waals surface area contributed by atoms with Crippen LogP contribution in [0.4, 0.5) is 5.82 Å². The molecule has 0 saturated carbocycles. The van der Waals surface area contributed by atoms with Gasteiger partial charge in [-0.15, -0.1) is 0 Å². The Labute approximate surface area is 109 Å². The molecule has 0 amide bonds. The van der Waals surface area contributed by atoms with Crippen LogP contribution in [0.2, 0.25) is 5.02 Å². The summed E-state index contributed by atoms with van der Waals surface area (Å²) in [7, 11) is 0. The van der Waals surface area contributed by atoms with Gasteiger partial charge in [0.2, 0.25) is 0 Å². The third kappa shape index (κ3) is 2.86. The number of hydrogen-bond donors (Lipinski definition) is 0. The molecule has 0 aliphatic carbocycles. The van der Waals surface area contributed by atoms with E-state index < -0.39 is 0 Å². The van der Waals surface area contributed by atoms with E-state index in [0.29, 0.717) is 5.02 Å². The number of piperidine rings is 1. The van der Waals surface area contributed by atoms with Crippen molar-refractivity contribution in [1.29, 1.82) is 0 Å². The molecule has 88 valence electrons. The molecule has 1 fully saturated rings. The first kappa shape index (κ1) is 12.1. The smallest absolute Gasteiger partial charge is 0.150 e. The summed E-state index contributed by atoms with van der Waals surface area (Å²) in [5, 5.41) is 1.73. The highest BCUT2D eigenvalue weighted by Crippen LogP contribution is 2.28. The van der Waals surface area contributed by atoms with Gasteiger partial charge in [0.1, 0.15) is 11.3 Å². The molecule has 1 aliphatic rings. The lowest BCUT2D eigenvalue weighted by Crippen LogP contribution is -2.36. The van der Waals surface area contributed by atoms with E-state index in [2.05, 4.69) is 30.8 Å². The fourth-order valence-electron chi connectivity index (χ4n) is 2.19. The summed E-state index contributed by atoms with van der Waals surface area (Å²) in [5.74, 6) is 1.63. The van der Waals surface area contributed by atoms with Crippen LogP contribution in [0.1, 0.15) is 19.3 Å². The van der Waals surface area contributed by atoms with Crippen molar-refractivity contribution >= 4 is 33.3 Å². The molecule has 0 spiro atoms. The lowest BCUT2D eigenvalue weighted by molar-refractivity contribution is 0.406. The molecule has 2 rings (SSSR count). The number of nitrogens with zero attached hydrogens (tertiary/aromatic N) is 3. The van der Waals surface area contributed by atoms with Crippen molar-refractivity contribution in [3.63, 3.8) is 0 Å². The number of halogens is 2. The molecule has 5 heteroatoms. The van der Waals surface area contributed by atoms with Gasteiger partial charge in [-0.2, -0.15) is 0 Å². The number of alkyl halides is 1. The highest BCUT2D eigenvalue weighted by Gasteiger charge is 2.21. The first-order chi connectivity index (χ1) is 7.81. The van der Waals surface area contributed by atoms with E-state index in [9.17, 15) is 0 Å². The van der Waals surface area contributed by atoms with Crippen LogP contribution in [0.5, 0.6) is 0 Å². The summed E-state index contributed by atoms with van der Waals surface area (Å²) >= 11 is 9.61. The van der Waals surface area contributed by atoms with E-state index in [0.717, 1.165) is 30.2 Å². The maximum atomic E-state index is 6.11. The molecule has 16 heavy (non-hydrogen) atoms. The number of anilines is 1. The lowest BCUT2D eigenvalue weighted by Gasteiger charge is -2.33. The highest BCUT2D eigenvalue weighted by atomic mass is 79.9. The molecule has 1 aromatic heterocycles. The molecule has 3 nitrogen and oxygen atoms in total. The van der Waals surface area contributed by atoms with E-state index in [1.807, 2.05) is 0 Å². The lowest BCUT2D eigenvalue weighted by atomic mass is 9.96. The van der Waals surface area contributed by atoms with Gasteiger partial charge in [-0.1, -0.05) is 27.5 Å². The van der Waals surface area contributed by atoms with Crippen molar-refractivity contribution in [1.82, 2.24) is 9.97 Å². The van der Waals surface area contributed by atoms with Crippen molar-refractivity contribution in [3.05, 3.63) is 17.5 Å². The maximum Gasteiger partial charge on any atom is 0.150 e. The molecule has 1 saturated heterocycles. The normalized spacial score (nSPS) is 21.1. The molecule has 0 N–H and O–H groups in total. The molecular weight excluding hydrogens is 289 g/mol. The van der Waals surface area contributed by atoms with E-state index >= 15 is 0 Å². The summed E-state index contributed by atoms with van der Waals surface area (Å²) in [6.07, 6.45) is 6.98. The average Bonchev–Trinajstić information content (AvgIpc) is 2.30. The van der Waals surface area contributed by atoms with Crippen molar-refractivity contribution in [2.75, 3.05) is 23.3 Å². The van der Waals surface area contributed by atoms with Crippen molar-refractivity contribution < 1.29 is 0 Å². The van der Waals surface area contributed by atoms with Crippen LogP contribution in [0.25, 0.3) is 0 Å². The maximum absolute atomic E-state index is 6.11. The van der Waals surface area contributed by atoms with Gasteiger partial charge in [0.15, 0.2) is 5.82 Å². The van der Waals surface area contributed by atoms with Gasteiger partial charge >= 0.3 is 0 Å². The Kier molecular flexibility index (Phi) is 4.41. The summed E-state index contributed by atoms with van der Waals surface area (Å²) < 4.78 is 0. The third-order valence-corrected chi connectivity index (χ3v) is 3.71. The second kappa shape index (κ2) is 5.82. The Morgan fingerprint density at radius 3 is 3.19 bits per heavy atom. The molecular formula is C11H15BrClN3. The topological polar surface area (TPSA) is 29.0 Å². The summed E-state index contributed by atoms with van der Waals surface area (Å²) in [6.45, 7) is 2.11. The van der Waals surface area contributed by atoms with Gasteiger partial charge in [-0.05, 0) is 25.2 Å². The number of aromatic nitrogens is 2. The van der Waals surface area contributed by atoms with Gasteiger partial charge < -0.3 is 4.90 Å². The highest BCUT2D eigenvalue weighted by molar-refractivity contribution is 9.09. The predicted molar refractivity (Wildman–Crippen MR) is 70.4 cm³/mol. The van der Waals surface area contributed by atoms with Crippen molar-refractivity contribution in [2.45, 2.75) is 19.3 Å². The Balaban J connectivity index is 2.07. The molecule has 1 aliphatic heterocycles. The zero-order chi connectivity index (χ0) is 11.4. The zero-order valence-corrected chi connectivity index (χ0v) is 11.4. The fourth-order valence-corrected chi connectivity index (χ4v) is 3.06. The standard InChI is InChI=1S/C11H15BrClN3/c12-4-3-9-2-1-5-16(7-9)11-10(13)6-14-8-15-11/h6,8-9H,1-5,7H2. The number of hydrogen-bond acceptors (Lipinski definition) is 3. The van der Waals surface area contributed by atoms with Crippen LogP contribution in [0, 0.1) is 5.92 Å². The molecule has 1 aromatic rings. The largest absolute Gasteiger partial charge is 0.355 e.